The molecule has 0 fully saturated rings. The highest BCUT2D eigenvalue weighted by atomic mass is 19.1. The molecular weight excluding hydrogens is 461 g/mol. The van der Waals surface area contributed by atoms with Crippen LogP contribution >= 0.6 is 0 Å². The lowest BCUT2D eigenvalue weighted by molar-refractivity contribution is -0.116. The number of hydrogen-bond donors (Lipinski definition) is 1. The summed E-state index contributed by atoms with van der Waals surface area (Å²) >= 11 is 0. The number of fused-ring (bicyclic) bond motifs is 1. The Hall–Kier alpha value is -2.97. The number of carbonyl (C=O) groups is 2. The van der Waals surface area contributed by atoms with Gasteiger partial charge in [-0.25, -0.2) is 4.39 Å². The molecule has 1 N–H and O–H groups in total. The molecule has 3 atom stereocenters. The zero-order chi connectivity index (χ0) is 26.2. The molecule has 3 rings (SSSR count). The summed E-state index contributed by atoms with van der Waals surface area (Å²) in [5.74, 6) is 0.00247. The predicted octanol–water partition coefficient (Wildman–Crippen LogP) is 4.57. The van der Waals surface area contributed by atoms with Gasteiger partial charge in [-0.3, -0.25) is 14.5 Å². The molecule has 36 heavy (non-hydrogen) atoms. The highest BCUT2D eigenvalue weighted by molar-refractivity contribution is 5.99. The Morgan fingerprint density at radius 3 is 2.67 bits per heavy atom. The molecule has 2 aromatic carbocycles. The SMILES string of the molecule is CCCC(=O)Nc1ccc2c(c1)C(=O)N(C)C[C@H](OC)[C@H](C)CN(Cc1cccc(F)c1)[C@H](C)CO2. The van der Waals surface area contributed by atoms with Crippen LogP contribution in [0.15, 0.2) is 42.5 Å². The van der Waals surface area contributed by atoms with Crippen LogP contribution in [0.2, 0.25) is 0 Å². The minimum atomic E-state index is -0.260. The molecule has 0 spiro atoms. The second-order valence-corrected chi connectivity index (χ2v) is 9.67. The van der Waals surface area contributed by atoms with Gasteiger partial charge in [-0.05, 0) is 55.2 Å². The first-order valence-electron chi connectivity index (χ1n) is 12.5. The topological polar surface area (TPSA) is 71.1 Å². The molecule has 2 amide bonds. The van der Waals surface area contributed by atoms with Crippen LogP contribution in [-0.4, -0.2) is 67.6 Å². The van der Waals surface area contributed by atoms with Crippen molar-refractivity contribution in [2.75, 3.05) is 39.2 Å². The second-order valence-electron chi connectivity index (χ2n) is 9.67. The van der Waals surface area contributed by atoms with Crippen LogP contribution in [0.5, 0.6) is 5.75 Å². The smallest absolute Gasteiger partial charge is 0.257 e. The van der Waals surface area contributed by atoms with Gasteiger partial charge in [0, 0.05) is 51.9 Å². The fourth-order valence-corrected chi connectivity index (χ4v) is 4.47. The molecule has 0 saturated carbocycles. The molecule has 0 bridgehead atoms. The Kier molecular flexibility index (Phi) is 9.84. The Morgan fingerprint density at radius 1 is 1.19 bits per heavy atom. The first-order chi connectivity index (χ1) is 17.2. The molecule has 0 aliphatic carbocycles. The molecule has 7 nitrogen and oxygen atoms in total. The van der Waals surface area contributed by atoms with Crippen LogP contribution in [-0.2, 0) is 16.1 Å². The monoisotopic (exact) mass is 499 g/mol. The Morgan fingerprint density at radius 2 is 1.97 bits per heavy atom. The van der Waals surface area contributed by atoms with Gasteiger partial charge in [0.2, 0.25) is 5.91 Å². The minimum absolute atomic E-state index is 0.0164. The molecule has 196 valence electrons. The Bertz CT molecular complexity index is 1050. The van der Waals surface area contributed by atoms with Gasteiger partial charge < -0.3 is 19.7 Å². The van der Waals surface area contributed by atoms with Crippen molar-refractivity contribution in [3.8, 4) is 5.75 Å². The van der Waals surface area contributed by atoms with Crippen molar-refractivity contribution in [2.45, 2.75) is 52.3 Å². The first-order valence-corrected chi connectivity index (χ1v) is 12.5. The summed E-state index contributed by atoms with van der Waals surface area (Å²) in [5, 5.41) is 2.86. The third-order valence-corrected chi connectivity index (χ3v) is 6.61. The van der Waals surface area contributed by atoms with Gasteiger partial charge in [0.15, 0.2) is 0 Å². The quantitative estimate of drug-likeness (QED) is 0.631. The number of carbonyl (C=O) groups excluding carboxylic acids is 2. The van der Waals surface area contributed by atoms with Crippen LogP contribution < -0.4 is 10.1 Å². The fraction of sp³-hybridized carbons (Fsp3) is 0.500. The normalized spacial score (nSPS) is 21.7. The van der Waals surface area contributed by atoms with E-state index in [0.717, 1.165) is 12.0 Å². The Labute approximate surface area is 213 Å². The van der Waals surface area contributed by atoms with Gasteiger partial charge in [-0.15, -0.1) is 0 Å². The number of benzene rings is 2. The standard InChI is InChI=1S/C28H38FN3O4/c1-6-8-27(33)30-23-11-12-25-24(14-23)28(34)31(4)17-26(35-5)19(2)15-32(20(3)18-36-25)16-21-9-7-10-22(29)13-21/h7,9-14,19-20,26H,6,8,15-18H2,1-5H3,(H,30,33)/t19-,20-,26+/m1/s1. The van der Waals surface area contributed by atoms with Gasteiger partial charge in [-0.2, -0.15) is 0 Å². The lowest BCUT2D eigenvalue weighted by atomic mass is 10.0. The van der Waals surface area contributed by atoms with Gasteiger partial charge >= 0.3 is 0 Å². The third kappa shape index (κ3) is 7.27. The number of amides is 2. The van der Waals surface area contributed by atoms with Crippen molar-refractivity contribution in [3.63, 3.8) is 0 Å². The third-order valence-electron chi connectivity index (χ3n) is 6.61. The van der Waals surface area contributed by atoms with E-state index in [0.29, 0.717) is 49.7 Å². The van der Waals surface area contributed by atoms with Gasteiger partial charge in [0.25, 0.3) is 5.91 Å². The number of likely N-dealkylation sites (N-methyl/N-ethyl adjacent to an activating group) is 1. The zero-order valence-corrected chi connectivity index (χ0v) is 21.9. The van der Waals surface area contributed by atoms with Crippen LogP contribution in [0.4, 0.5) is 10.1 Å². The van der Waals surface area contributed by atoms with E-state index in [4.69, 9.17) is 9.47 Å². The molecule has 1 heterocycles. The number of methoxy groups -OCH3 is 1. The van der Waals surface area contributed by atoms with E-state index in [2.05, 4.69) is 24.1 Å². The van der Waals surface area contributed by atoms with E-state index in [1.165, 1.54) is 6.07 Å². The molecule has 1 aliphatic heterocycles. The number of anilines is 1. The van der Waals surface area contributed by atoms with Gasteiger partial charge in [0.1, 0.15) is 18.2 Å². The van der Waals surface area contributed by atoms with E-state index < -0.39 is 0 Å². The highest BCUT2D eigenvalue weighted by Gasteiger charge is 2.28. The van der Waals surface area contributed by atoms with Crippen LogP contribution in [0.25, 0.3) is 0 Å². The summed E-state index contributed by atoms with van der Waals surface area (Å²) in [7, 11) is 3.40. The van der Waals surface area contributed by atoms with E-state index in [9.17, 15) is 14.0 Å². The highest BCUT2D eigenvalue weighted by Crippen LogP contribution is 2.27. The lowest BCUT2D eigenvalue weighted by Gasteiger charge is -2.36. The minimum Gasteiger partial charge on any atom is -0.491 e. The number of nitrogens with zero attached hydrogens (tertiary/aromatic N) is 2. The van der Waals surface area contributed by atoms with Crippen LogP contribution in [0.1, 0.15) is 49.5 Å². The van der Waals surface area contributed by atoms with Crippen LogP contribution in [0, 0.1) is 11.7 Å². The molecular formula is C28H38FN3O4. The fourth-order valence-electron chi connectivity index (χ4n) is 4.47. The largest absolute Gasteiger partial charge is 0.491 e. The summed E-state index contributed by atoms with van der Waals surface area (Å²) in [6, 6.07) is 11.8. The summed E-state index contributed by atoms with van der Waals surface area (Å²) < 4.78 is 25.8. The molecule has 2 aromatic rings. The van der Waals surface area contributed by atoms with Crippen molar-refractivity contribution in [1.29, 1.82) is 0 Å². The summed E-state index contributed by atoms with van der Waals surface area (Å²) in [5.41, 5.74) is 1.83. The van der Waals surface area contributed by atoms with Gasteiger partial charge in [0.05, 0.1) is 11.7 Å². The summed E-state index contributed by atoms with van der Waals surface area (Å²) in [6.45, 7) is 8.09. The molecule has 8 heteroatoms. The van der Waals surface area contributed by atoms with Crippen molar-refractivity contribution >= 4 is 17.5 Å². The van der Waals surface area contributed by atoms with E-state index >= 15 is 0 Å². The van der Waals surface area contributed by atoms with Gasteiger partial charge in [-0.1, -0.05) is 26.0 Å². The molecule has 0 saturated heterocycles. The number of hydrogen-bond acceptors (Lipinski definition) is 5. The summed E-state index contributed by atoms with van der Waals surface area (Å²) in [6.07, 6.45) is 0.952. The molecule has 0 aromatic heterocycles. The van der Waals surface area contributed by atoms with Crippen LogP contribution in [0.3, 0.4) is 0 Å². The lowest BCUT2D eigenvalue weighted by Crippen LogP contribution is -2.46. The van der Waals surface area contributed by atoms with Crippen molar-refractivity contribution in [2.24, 2.45) is 5.92 Å². The Balaban J connectivity index is 1.92. The summed E-state index contributed by atoms with van der Waals surface area (Å²) in [4.78, 5) is 29.4. The number of halogens is 1. The van der Waals surface area contributed by atoms with Crippen molar-refractivity contribution in [3.05, 3.63) is 59.4 Å². The predicted molar refractivity (Wildman–Crippen MR) is 139 cm³/mol. The van der Waals surface area contributed by atoms with Crippen molar-refractivity contribution in [1.82, 2.24) is 9.80 Å². The van der Waals surface area contributed by atoms with Crippen molar-refractivity contribution < 1.29 is 23.5 Å². The number of rotatable bonds is 6. The first kappa shape index (κ1) is 27.6. The molecule has 1 aliphatic rings. The zero-order valence-electron chi connectivity index (χ0n) is 21.9. The maximum absolute atomic E-state index is 13.8. The van der Waals surface area contributed by atoms with E-state index in [-0.39, 0.29) is 35.7 Å². The maximum atomic E-state index is 13.8. The van der Waals surface area contributed by atoms with E-state index in [1.807, 2.05) is 13.0 Å². The average molecular weight is 500 g/mol. The molecule has 0 unspecified atom stereocenters. The van der Waals surface area contributed by atoms with E-state index in [1.54, 1.807) is 49.4 Å². The average Bonchev–Trinajstić information content (AvgIpc) is 2.84. The number of nitrogens with one attached hydrogen (secondary N) is 1. The molecule has 0 radical (unpaired) electrons. The second kappa shape index (κ2) is 12.8. The number of ether oxygens (including phenoxy) is 2. The maximum Gasteiger partial charge on any atom is 0.257 e.